The molecule has 230 valence electrons. The van der Waals surface area contributed by atoms with E-state index in [9.17, 15) is 9.59 Å². The highest BCUT2D eigenvalue weighted by Crippen LogP contribution is 2.46. The van der Waals surface area contributed by atoms with E-state index in [1.54, 1.807) is 23.2 Å². The molecular formula is C34H38FN5O3S. The molecule has 0 radical (unpaired) electrons. The number of benzene rings is 3. The van der Waals surface area contributed by atoms with Gasteiger partial charge in [0.15, 0.2) is 11.5 Å². The van der Waals surface area contributed by atoms with Gasteiger partial charge in [-0.05, 0) is 81.9 Å². The van der Waals surface area contributed by atoms with Crippen LogP contribution in [0.2, 0.25) is 0 Å². The minimum atomic E-state index is -0.542. The van der Waals surface area contributed by atoms with Crippen LogP contribution in [0.15, 0.2) is 75.2 Å². The molecule has 10 heteroatoms. The molecule has 1 atom stereocenters. The Labute approximate surface area is 261 Å². The number of aliphatic imine (C=N–C) groups is 1. The number of amides is 1. The number of halogens is 1. The predicted molar refractivity (Wildman–Crippen MR) is 178 cm³/mol. The first-order valence-electron chi connectivity index (χ1n) is 14.7. The van der Waals surface area contributed by atoms with Gasteiger partial charge in [-0.3, -0.25) is 14.6 Å². The van der Waals surface area contributed by atoms with E-state index in [0.29, 0.717) is 40.2 Å². The third-order valence-corrected chi connectivity index (χ3v) is 8.81. The number of allylic oxidation sites excluding steroid dienone is 1. The Morgan fingerprint density at radius 1 is 1.23 bits per heavy atom. The van der Waals surface area contributed by atoms with E-state index < -0.39 is 17.2 Å². The number of ether oxygens (including phenoxy) is 1. The number of hydrogen-bond donors (Lipinski definition) is 2. The summed E-state index contributed by atoms with van der Waals surface area (Å²) in [6, 6.07) is 13.4. The number of aromatic nitrogens is 1. The maximum Gasteiger partial charge on any atom is 0.256 e. The third kappa shape index (κ3) is 6.23. The maximum absolute atomic E-state index is 15.1. The number of fused-ring (bicyclic) bond motifs is 3. The second-order valence-electron chi connectivity index (χ2n) is 10.9. The van der Waals surface area contributed by atoms with E-state index in [-0.39, 0.29) is 10.9 Å². The molecule has 3 aromatic carbocycles. The summed E-state index contributed by atoms with van der Waals surface area (Å²) in [4.78, 5) is 33.3. The van der Waals surface area contributed by atoms with Crippen LogP contribution >= 0.6 is 11.8 Å². The number of carbonyl (C=O) groups excluding carboxylic acids is 1. The molecule has 1 saturated heterocycles. The van der Waals surface area contributed by atoms with Gasteiger partial charge in [0.25, 0.3) is 5.91 Å². The van der Waals surface area contributed by atoms with Gasteiger partial charge in [0, 0.05) is 38.2 Å². The minimum Gasteiger partial charge on any atom is -0.452 e. The average molecular weight is 616 g/mol. The van der Waals surface area contributed by atoms with Gasteiger partial charge in [0.05, 0.1) is 21.7 Å². The van der Waals surface area contributed by atoms with Crippen molar-refractivity contribution in [3.05, 3.63) is 82.2 Å². The third-order valence-electron chi connectivity index (χ3n) is 8.02. The largest absolute Gasteiger partial charge is 0.452 e. The van der Waals surface area contributed by atoms with Gasteiger partial charge in [0.1, 0.15) is 16.9 Å². The molecule has 4 aromatic rings. The van der Waals surface area contributed by atoms with Crippen molar-refractivity contribution in [1.29, 1.82) is 0 Å². The van der Waals surface area contributed by atoms with Crippen LogP contribution in [0.5, 0.6) is 11.5 Å². The molecule has 3 heterocycles. The molecule has 2 aliphatic heterocycles. The predicted octanol–water partition coefficient (Wildman–Crippen LogP) is 6.48. The van der Waals surface area contributed by atoms with E-state index in [4.69, 9.17) is 4.74 Å². The first-order chi connectivity index (χ1) is 21.3. The Morgan fingerprint density at radius 3 is 2.64 bits per heavy atom. The summed E-state index contributed by atoms with van der Waals surface area (Å²) in [6.07, 6.45) is 10.0. The van der Waals surface area contributed by atoms with Crippen molar-refractivity contribution >= 4 is 45.6 Å². The molecule has 1 unspecified atom stereocenters. The van der Waals surface area contributed by atoms with Gasteiger partial charge in [-0.1, -0.05) is 24.3 Å². The Hall–Kier alpha value is -4.15. The number of pyridine rings is 1. The quantitative estimate of drug-likeness (QED) is 0.161. The highest BCUT2D eigenvalue weighted by Gasteiger charge is 2.29. The molecule has 8 nitrogen and oxygen atoms in total. The lowest BCUT2D eigenvalue weighted by Gasteiger charge is -2.26. The molecule has 0 bridgehead atoms. The van der Waals surface area contributed by atoms with Crippen LogP contribution in [0.25, 0.3) is 27.4 Å². The lowest BCUT2D eigenvalue weighted by atomic mass is 10.0. The van der Waals surface area contributed by atoms with Gasteiger partial charge in [-0.15, -0.1) is 11.8 Å². The lowest BCUT2D eigenvalue weighted by Crippen LogP contribution is -2.34. The number of nitrogens with one attached hydrogen (secondary N) is 2. The van der Waals surface area contributed by atoms with E-state index in [1.807, 2.05) is 63.5 Å². The number of nitrogens with zero attached hydrogens (tertiary/aromatic N) is 3. The second-order valence-corrected chi connectivity index (χ2v) is 11.7. The van der Waals surface area contributed by atoms with Crippen LogP contribution in [-0.4, -0.2) is 61.1 Å². The molecule has 6 rings (SSSR count). The van der Waals surface area contributed by atoms with Crippen LogP contribution in [-0.2, 0) is 0 Å². The highest BCUT2D eigenvalue weighted by atomic mass is 32.2. The molecule has 0 aliphatic carbocycles. The summed E-state index contributed by atoms with van der Waals surface area (Å²) in [5, 5.41) is 7.90. The van der Waals surface area contributed by atoms with Crippen LogP contribution < -0.4 is 20.8 Å². The molecule has 1 amide bonds. The molecule has 0 spiro atoms. The Morgan fingerprint density at radius 2 is 1.98 bits per heavy atom. The van der Waals surface area contributed by atoms with Crippen molar-refractivity contribution < 1.29 is 13.9 Å². The monoisotopic (exact) mass is 615 g/mol. The molecule has 1 fully saturated rings. The topological polar surface area (TPSA) is 88.0 Å². The number of rotatable bonds is 7. The zero-order chi connectivity index (χ0) is 31.4. The van der Waals surface area contributed by atoms with Crippen molar-refractivity contribution in [2.45, 2.75) is 44.0 Å². The number of thioether (sulfide) groups is 1. The van der Waals surface area contributed by atoms with Crippen LogP contribution in [0.4, 0.5) is 4.39 Å². The van der Waals surface area contributed by atoms with Crippen LogP contribution in [0.1, 0.15) is 43.5 Å². The summed E-state index contributed by atoms with van der Waals surface area (Å²) in [5.41, 5.74) is 1.65. The van der Waals surface area contributed by atoms with Gasteiger partial charge in [0.2, 0.25) is 5.43 Å². The molecule has 1 aromatic heterocycles. The summed E-state index contributed by atoms with van der Waals surface area (Å²) in [7, 11) is 3.95. The van der Waals surface area contributed by atoms with Crippen LogP contribution in [0, 0.1) is 5.82 Å². The summed E-state index contributed by atoms with van der Waals surface area (Å²) in [5.74, 6) is -0.146. The SMILES string of the molecule is CC=N/C(C)=C\NC.CSc1c(F)cc2c(=O)c(C(=O)NCCC3CCCN3C)cn3c2c1Oc1cc2ccccc2cc1-3. The lowest BCUT2D eigenvalue weighted by molar-refractivity contribution is 0.0949. The van der Waals surface area contributed by atoms with E-state index in [1.165, 1.54) is 17.8 Å². The Bertz CT molecular complexity index is 1830. The van der Waals surface area contributed by atoms with E-state index in [2.05, 4.69) is 27.6 Å². The fourth-order valence-electron chi connectivity index (χ4n) is 5.87. The summed E-state index contributed by atoms with van der Waals surface area (Å²) < 4.78 is 23.1. The van der Waals surface area contributed by atoms with Crippen molar-refractivity contribution in [3.63, 3.8) is 0 Å². The highest BCUT2D eigenvalue weighted by molar-refractivity contribution is 7.98. The summed E-state index contributed by atoms with van der Waals surface area (Å²) >= 11 is 1.22. The van der Waals surface area contributed by atoms with Crippen molar-refractivity contribution in [2.24, 2.45) is 4.99 Å². The van der Waals surface area contributed by atoms with Gasteiger partial charge in [-0.25, -0.2) is 4.39 Å². The van der Waals surface area contributed by atoms with Crippen molar-refractivity contribution in [1.82, 2.24) is 20.1 Å². The second kappa shape index (κ2) is 13.7. The van der Waals surface area contributed by atoms with E-state index >= 15 is 4.39 Å². The number of likely N-dealkylation sites (tertiary alicyclic amines) is 1. The van der Waals surface area contributed by atoms with Crippen molar-refractivity contribution in [2.75, 3.05) is 33.4 Å². The maximum atomic E-state index is 15.1. The number of hydrogen-bond acceptors (Lipinski definition) is 7. The minimum absolute atomic E-state index is 0.00876. The normalized spacial score (nSPS) is 16.0. The molecule has 2 N–H and O–H groups in total. The fraction of sp³-hybridized carbons (Fsp3) is 0.324. The smallest absolute Gasteiger partial charge is 0.256 e. The van der Waals surface area contributed by atoms with Gasteiger partial charge < -0.3 is 24.8 Å². The molecule has 44 heavy (non-hydrogen) atoms. The van der Waals surface area contributed by atoms with Crippen molar-refractivity contribution in [3.8, 4) is 17.2 Å². The van der Waals surface area contributed by atoms with E-state index in [0.717, 1.165) is 42.3 Å². The molecule has 2 aliphatic rings. The van der Waals surface area contributed by atoms with Crippen LogP contribution in [0.3, 0.4) is 0 Å². The molecule has 0 saturated carbocycles. The molecular weight excluding hydrogens is 577 g/mol. The van der Waals surface area contributed by atoms with Gasteiger partial charge >= 0.3 is 0 Å². The zero-order valence-corrected chi connectivity index (χ0v) is 26.6. The number of carbonyl (C=O) groups is 1. The van der Waals surface area contributed by atoms with Gasteiger partial charge in [-0.2, -0.15) is 0 Å². The first kappa shape index (κ1) is 31.3. The zero-order valence-electron chi connectivity index (χ0n) is 25.7. The first-order valence-corrected chi connectivity index (χ1v) is 16.0. The fourth-order valence-corrected chi connectivity index (χ4v) is 6.45. The average Bonchev–Trinajstić information content (AvgIpc) is 3.42. The Balaban J connectivity index is 0.000000426. The standard InChI is InChI=1S/C28H26FN3O3S.C6H12N2/c1-31-11-5-8-18(31)9-10-30-28(34)20-15-32-22-12-16-6-3-4-7-17(16)13-23(22)35-26-24(32)19(25(20)33)14-21(29)27(26)36-2;1-4-8-6(2)5-7-3/h3-4,6-7,12-15,18H,5,8-11H2,1-2H3,(H,30,34);4-5,7H,1-3H3/b;6-5-,8-4?. The Kier molecular flexibility index (Phi) is 9.71. The summed E-state index contributed by atoms with van der Waals surface area (Å²) in [6.45, 7) is 5.38.